The number of benzene rings is 7. The van der Waals surface area contributed by atoms with E-state index < -0.39 is 0 Å². The summed E-state index contributed by atoms with van der Waals surface area (Å²) >= 11 is 0. The van der Waals surface area contributed by atoms with Gasteiger partial charge in [0.05, 0.1) is 17.1 Å². The molecule has 4 nitrogen and oxygen atoms in total. The van der Waals surface area contributed by atoms with E-state index in [1.54, 1.807) is 0 Å². The Hall–Kier alpha value is -7.56. The molecule has 7 aromatic carbocycles. The van der Waals surface area contributed by atoms with E-state index in [9.17, 15) is 0 Å². The lowest BCUT2D eigenvalue weighted by Gasteiger charge is -2.30. The van der Waals surface area contributed by atoms with Crippen LogP contribution in [0.15, 0.2) is 190 Å². The second kappa shape index (κ2) is 14.9. The molecule has 2 heterocycles. The van der Waals surface area contributed by atoms with E-state index in [0.29, 0.717) is 0 Å². The lowest BCUT2D eigenvalue weighted by atomic mass is 9.99. The first-order chi connectivity index (χ1) is 30.3. The molecule has 0 spiro atoms. The van der Waals surface area contributed by atoms with Crippen molar-refractivity contribution in [3.8, 4) is 0 Å². The summed E-state index contributed by atoms with van der Waals surface area (Å²) in [5.41, 5.74) is 18.3. The van der Waals surface area contributed by atoms with E-state index in [4.69, 9.17) is 8.83 Å². The standard InChI is InChI=1S/C58H46N2O2/c1-36-28-37(2)31-45(30-36)59(53-21-12-18-48-47-16-9-10-23-55(47)61-57(48)53)51-20-8-6-7-15-42-34-44-35-43(51)25-24-41(44)26-27-52(42)60(46-32-38(3)29-39(4)33-46)54-22-13-19-50-49-17-11-14-40(5)56(49)62-58(50)54/h6-33,35H,34H2,1-5H3. The second-order valence-electron chi connectivity index (χ2n) is 17.0. The van der Waals surface area contributed by atoms with Crippen LogP contribution in [0.25, 0.3) is 55.7 Å². The quantitative estimate of drug-likeness (QED) is 0.168. The first-order valence-electron chi connectivity index (χ1n) is 21.4. The van der Waals surface area contributed by atoms with Crippen LogP contribution in [0, 0.1) is 34.6 Å². The summed E-state index contributed by atoms with van der Waals surface area (Å²) in [5, 5.41) is 6.76. The largest absolute Gasteiger partial charge is 0.454 e. The molecule has 300 valence electrons. The van der Waals surface area contributed by atoms with Gasteiger partial charge in [-0.25, -0.2) is 0 Å². The maximum Gasteiger partial charge on any atom is 0.159 e. The third-order valence-corrected chi connectivity index (χ3v) is 12.3. The molecule has 0 saturated heterocycles. The number of hydrogen-bond donors (Lipinski definition) is 0. The summed E-state index contributed by atoms with van der Waals surface area (Å²) in [6, 6.07) is 48.3. The van der Waals surface area contributed by atoms with Crippen LogP contribution in [0.1, 0.15) is 33.4 Å². The van der Waals surface area contributed by atoms with Gasteiger partial charge in [0.2, 0.25) is 0 Å². The fraction of sp³-hybridized carbons (Fsp3) is 0.103. The van der Waals surface area contributed by atoms with Gasteiger partial charge in [-0.05, 0) is 145 Å². The number of furan rings is 2. The van der Waals surface area contributed by atoms with Gasteiger partial charge in [0.15, 0.2) is 11.2 Å². The van der Waals surface area contributed by atoms with Gasteiger partial charge in [0, 0.05) is 45.0 Å². The normalized spacial score (nSPS) is 13.7. The predicted molar refractivity (Wildman–Crippen MR) is 260 cm³/mol. The summed E-state index contributed by atoms with van der Waals surface area (Å²) in [6.07, 6.45) is 16.3. The zero-order valence-electron chi connectivity index (χ0n) is 35.7. The molecule has 11 rings (SSSR count). The Balaban J connectivity index is 1.13. The highest BCUT2D eigenvalue weighted by Gasteiger charge is 2.26. The maximum absolute atomic E-state index is 6.85. The number of nitrogens with zero attached hydrogens (tertiary/aromatic N) is 2. The molecule has 3 bridgehead atoms. The number of allylic oxidation sites excluding steroid dienone is 6. The fourth-order valence-electron chi connectivity index (χ4n) is 9.70. The minimum atomic E-state index is 0.725. The molecule has 0 saturated carbocycles. The van der Waals surface area contributed by atoms with E-state index in [2.05, 4.69) is 214 Å². The molecule has 2 aliphatic rings. The number of aryl methyl sites for hydroxylation is 5. The average Bonchev–Trinajstić information content (AvgIpc) is 3.78. The van der Waals surface area contributed by atoms with Crippen molar-refractivity contribution in [3.05, 3.63) is 225 Å². The molecular formula is C58H46N2O2. The van der Waals surface area contributed by atoms with E-state index in [0.717, 1.165) is 95.2 Å². The molecule has 2 aromatic heterocycles. The minimum Gasteiger partial charge on any atom is -0.454 e. The van der Waals surface area contributed by atoms with Crippen molar-refractivity contribution in [2.75, 3.05) is 9.80 Å². The molecule has 0 unspecified atom stereocenters. The number of fused-ring (bicyclic) bond motifs is 8. The number of rotatable bonds is 6. The Labute approximate surface area is 361 Å². The van der Waals surface area contributed by atoms with Crippen LogP contribution in [-0.2, 0) is 6.42 Å². The van der Waals surface area contributed by atoms with Crippen molar-refractivity contribution >= 4 is 78.4 Å². The van der Waals surface area contributed by atoms with Gasteiger partial charge in [-0.2, -0.15) is 0 Å². The molecular weight excluding hydrogens is 757 g/mol. The smallest absolute Gasteiger partial charge is 0.159 e. The number of hydrogen-bond acceptors (Lipinski definition) is 4. The summed E-state index contributed by atoms with van der Waals surface area (Å²) in [5.74, 6) is 0. The van der Waals surface area contributed by atoms with Crippen LogP contribution >= 0.6 is 0 Å². The molecule has 9 aromatic rings. The van der Waals surface area contributed by atoms with E-state index >= 15 is 0 Å². The van der Waals surface area contributed by atoms with E-state index in [1.807, 2.05) is 6.07 Å². The molecule has 0 N–H and O–H groups in total. The number of anilines is 4. The van der Waals surface area contributed by atoms with Crippen molar-refractivity contribution in [2.45, 2.75) is 41.0 Å². The van der Waals surface area contributed by atoms with Crippen LogP contribution in [0.2, 0.25) is 0 Å². The average molecular weight is 803 g/mol. The minimum absolute atomic E-state index is 0.725. The molecule has 62 heavy (non-hydrogen) atoms. The van der Waals surface area contributed by atoms with Gasteiger partial charge >= 0.3 is 0 Å². The van der Waals surface area contributed by atoms with E-state index in [-0.39, 0.29) is 0 Å². The van der Waals surface area contributed by atoms with Crippen molar-refractivity contribution in [3.63, 3.8) is 0 Å². The van der Waals surface area contributed by atoms with Gasteiger partial charge in [0.1, 0.15) is 11.2 Å². The SMILES string of the molecule is Cc1cc(C)cc(N(C2=c3ccc4c(c3)CC(=CC=CC=C2)C(N(c2cc(C)cc(C)c2)c2cccc3c2oc2c(C)cccc23)=CC=4)c2cccc3c2oc2ccccc23)c1. The van der Waals surface area contributed by atoms with Crippen LogP contribution in [0.3, 0.4) is 0 Å². The lowest BCUT2D eigenvalue weighted by molar-refractivity contribution is 0.665. The van der Waals surface area contributed by atoms with Crippen LogP contribution in [0.5, 0.6) is 0 Å². The van der Waals surface area contributed by atoms with Crippen molar-refractivity contribution in [1.82, 2.24) is 0 Å². The van der Waals surface area contributed by atoms with Crippen LogP contribution in [-0.4, -0.2) is 0 Å². The summed E-state index contributed by atoms with van der Waals surface area (Å²) < 4.78 is 13.6. The zero-order valence-corrected chi connectivity index (χ0v) is 35.7. The van der Waals surface area contributed by atoms with Gasteiger partial charge in [-0.3, -0.25) is 0 Å². The molecule has 2 aliphatic carbocycles. The van der Waals surface area contributed by atoms with Gasteiger partial charge in [-0.15, -0.1) is 0 Å². The predicted octanol–water partition coefficient (Wildman–Crippen LogP) is 14.1. The third kappa shape index (κ3) is 6.38. The maximum atomic E-state index is 6.85. The molecule has 0 fully saturated rings. The Morgan fingerprint density at radius 1 is 0.468 bits per heavy atom. The fourth-order valence-corrected chi connectivity index (χ4v) is 9.70. The summed E-state index contributed by atoms with van der Waals surface area (Å²) in [6.45, 7) is 10.8. The van der Waals surface area contributed by atoms with Crippen LogP contribution < -0.4 is 20.2 Å². The van der Waals surface area contributed by atoms with Crippen molar-refractivity contribution < 1.29 is 8.83 Å². The first-order valence-corrected chi connectivity index (χ1v) is 21.4. The second-order valence-corrected chi connectivity index (χ2v) is 17.0. The molecule has 0 amide bonds. The Bertz CT molecular complexity index is 3530. The van der Waals surface area contributed by atoms with Gasteiger partial charge in [0.25, 0.3) is 0 Å². The highest BCUT2D eigenvalue weighted by atomic mass is 16.3. The highest BCUT2D eigenvalue weighted by Crippen LogP contribution is 2.44. The Morgan fingerprint density at radius 3 is 1.82 bits per heavy atom. The topological polar surface area (TPSA) is 32.8 Å². The lowest BCUT2D eigenvalue weighted by Crippen LogP contribution is -2.24. The molecule has 0 radical (unpaired) electrons. The number of para-hydroxylation sites is 4. The molecule has 0 atom stereocenters. The van der Waals surface area contributed by atoms with Crippen molar-refractivity contribution in [2.24, 2.45) is 0 Å². The first kappa shape index (κ1) is 37.4. The highest BCUT2D eigenvalue weighted by molar-refractivity contribution is 6.12. The molecule has 4 heteroatoms. The summed E-state index contributed by atoms with van der Waals surface area (Å²) in [4.78, 5) is 4.79. The molecule has 0 aliphatic heterocycles. The van der Waals surface area contributed by atoms with Gasteiger partial charge in [-0.1, -0.05) is 115 Å². The van der Waals surface area contributed by atoms with Crippen molar-refractivity contribution in [1.29, 1.82) is 0 Å². The Morgan fingerprint density at radius 2 is 1.08 bits per heavy atom. The third-order valence-electron chi connectivity index (χ3n) is 12.3. The van der Waals surface area contributed by atoms with E-state index in [1.165, 1.54) is 38.6 Å². The monoisotopic (exact) mass is 802 g/mol. The Kier molecular flexibility index (Phi) is 8.97. The van der Waals surface area contributed by atoms with Crippen LogP contribution in [0.4, 0.5) is 22.7 Å². The zero-order chi connectivity index (χ0) is 42.1. The summed E-state index contributed by atoms with van der Waals surface area (Å²) in [7, 11) is 0. The van der Waals surface area contributed by atoms with Gasteiger partial charge < -0.3 is 18.6 Å².